The zero-order valence-corrected chi connectivity index (χ0v) is 15.4. The lowest BCUT2D eigenvalue weighted by Gasteiger charge is -2.31. The van der Waals surface area contributed by atoms with Crippen LogP contribution < -0.4 is 15.5 Å². The first-order valence-corrected chi connectivity index (χ1v) is 8.97. The van der Waals surface area contributed by atoms with E-state index in [1.165, 1.54) is 6.07 Å². The molecule has 0 aliphatic carbocycles. The number of furan rings is 1. The molecule has 1 aromatic heterocycles. The Hall–Kier alpha value is -2.68. The van der Waals surface area contributed by atoms with Crippen molar-refractivity contribution in [3.8, 4) is 0 Å². The molecule has 0 radical (unpaired) electrons. The molecule has 1 fully saturated rings. The third kappa shape index (κ3) is 5.19. The van der Waals surface area contributed by atoms with E-state index in [-0.39, 0.29) is 11.7 Å². The van der Waals surface area contributed by atoms with Crippen molar-refractivity contribution in [2.75, 3.05) is 36.5 Å². The number of hydrogen-bond acceptors (Lipinski definition) is 4. The van der Waals surface area contributed by atoms with Crippen molar-refractivity contribution < 1.29 is 27.1 Å². The Labute approximate surface area is 160 Å². The molecule has 0 spiro atoms. The number of nitrogens with one attached hydrogen (secondary N) is 2. The highest BCUT2D eigenvalue weighted by Crippen LogP contribution is 2.35. The first-order chi connectivity index (χ1) is 13.3. The Morgan fingerprint density at radius 2 is 2.00 bits per heavy atom. The molecule has 2 amide bonds. The summed E-state index contributed by atoms with van der Waals surface area (Å²) in [6.07, 6.45) is -2.48. The molecule has 3 rings (SSSR count). The predicted molar refractivity (Wildman–Crippen MR) is 98.5 cm³/mol. The fourth-order valence-electron chi connectivity index (χ4n) is 3.06. The number of carbonyl (C=O) groups excluding carboxylic acids is 1. The molecule has 1 atom stereocenters. The first kappa shape index (κ1) is 20.1. The summed E-state index contributed by atoms with van der Waals surface area (Å²) in [4.78, 5) is 14.3. The number of anilines is 2. The Balaban J connectivity index is 1.74. The van der Waals surface area contributed by atoms with E-state index in [0.29, 0.717) is 44.2 Å². The SMILES string of the molecule is CC(Cc1ccco1)NC(=O)Nc1cc(C(F)(F)F)ccc1N1CCOCC1. The van der Waals surface area contributed by atoms with E-state index in [0.717, 1.165) is 12.1 Å². The molecule has 152 valence electrons. The second-order valence-corrected chi connectivity index (χ2v) is 6.61. The van der Waals surface area contributed by atoms with Crippen molar-refractivity contribution in [3.63, 3.8) is 0 Å². The normalized spacial score (nSPS) is 15.9. The molecule has 9 heteroatoms. The van der Waals surface area contributed by atoms with Crippen LogP contribution in [0.3, 0.4) is 0 Å². The molecule has 1 aliphatic heterocycles. The van der Waals surface area contributed by atoms with Gasteiger partial charge < -0.3 is 24.7 Å². The van der Waals surface area contributed by atoms with Gasteiger partial charge in [-0.15, -0.1) is 0 Å². The number of benzene rings is 1. The van der Waals surface area contributed by atoms with Crippen LogP contribution in [0.2, 0.25) is 0 Å². The zero-order valence-electron chi connectivity index (χ0n) is 15.4. The van der Waals surface area contributed by atoms with Gasteiger partial charge in [0.1, 0.15) is 5.76 Å². The molecule has 0 bridgehead atoms. The van der Waals surface area contributed by atoms with E-state index in [2.05, 4.69) is 10.6 Å². The summed E-state index contributed by atoms with van der Waals surface area (Å²) in [5.41, 5.74) is -0.173. The van der Waals surface area contributed by atoms with Crippen LogP contribution in [-0.4, -0.2) is 38.4 Å². The average molecular weight is 397 g/mol. The van der Waals surface area contributed by atoms with Crippen molar-refractivity contribution in [1.82, 2.24) is 5.32 Å². The quantitative estimate of drug-likeness (QED) is 0.804. The van der Waals surface area contributed by atoms with Gasteiger partial charge in [-0.2, -0.15) is 13.2 Å². The number of hydrogen-bond donors (Lipinski definition) is 2. The van der Waals surface area contributed by atoms with Gasteiger partial charge in [0.2, 0.25) is 0 Å². The minimum Gasteiger partial charge on any atom is -0.469 e. The van der Waals surface area contributed by atoms with Gasteiger partial charge in [0.05, 0.1) is 36.4 Å². The van der Waals surface area contributed by atoms with Crippen LogP contribution in [-0.2, 0) is 17.3 Å². The third-order valence-electron chi connectivity index (χ3n) is 4.39. The maximum Gasteiger partial charge on any atom is 0.416 e. The number of urea groups is 1. The van der Waals surface area contributed by atoms with Crippen molar-refractivity contribution >= 4 is 17.4 Å². The number of amides is 2. The van der Waals surface area contributed by atoms with Crippen LogP contribution in [0, 0.1) is 0 Å². The average Bonchev–Trinajstić information content (AvgIpc) is 3.14. The lowest BCUT2D eigenvalue weighted by Crippen LogP contribution is -2.39. The van der Waals surface area contributed by atoms with Crippen LogP contribution in [0.4, 0.5) is 29.3 Å². The molecule has 2 N–H and O–H groups in total. The molecule has 2 aromatic rings. The highest BCUT2D eigenvalue weighted by molar-refractivity contribution is 5.93. The minimum atomic E-state index is -4.50. The van der Waals surface area contributed by atoms with Gasteiger partial charge in [-0.3, -0.25) is 0 Å². The van der Waals surface area contributed by atoms with Crippen molar-refractivity contribution in [1.29, 1.82) is 0 Å². The van der Waals surface area contributed by atoms with Gasteiger partial charge >= 0.3 is 12.2 Å². The molecule has 0 saturated carbocycles. The summed E-state index contributed by atoms with van der Waals surface area (Å²) < 4.78 is 49.9. The number of carbonyl (C=O) groups is 1. The van der Waals surface area contributed by atoms with E-state index in [4.69, 9.17) is 9.15 Å². The maximum absolute atomic E-state index is 13.1. The number of morpholine rings is 1. The largest absolute Gasteiger partial charge is 0.469 e. The Bertz CT molecular complexity index is 787. The summed E-state index contributed by atoms with van der Waals surface area (Å²) in [5.74, 6) is 0.709. The lowest BCUT2D eigenvalue weighted by molar-refractivity contribution is -0.137. The van der Waals surface area contributed by atoms with Gasteiger partial charge in [-0.25, -0.2) is 4.79 Å². The monoisotopic (exact) mass is 397 g/mol. The number of nitrogens with zero attached hydrogens (tertiary/aromatic N) is 1. The van der Waals surface area contributed by atoms with Gasteiger partial charge in [-0.1, -0.05) is 0 Å². The molecule has 28 heavy (non-hydrogen) atoms. The lowest BCUT2D eigenvalue weighted by atomic mass is 10.1. The molecule has 1 saturated heterocycles. The van der Waals surface area contributed by atoms with Crippen LogP contribution >= 0.6 is 0 Å². The topological polar surface area (TPSA) is 66.7 Å². The molecule has 1 aliphatic rings. The van der Waals surface area contributed by atoms with Crippen molar-refractivity contribution in [2.24, 2.45) is 0 Å². The number of rotatable bonds is 5. The second-order valence-electron chi connectivity index (χ2n) is 6.61. The summed E-state index contributed by atoms with van der Waals surface area (Å²) >= 11 is 0. The zero-order chi connectivity index (χ0) is 20.1. The Morgan fingerprint density at radius 3 is 2.64 bits per heavy atom. The third-order valence-corrected chi connectivity index (χ3v) is 4.39. The summed E-state index contributed by atoms with van der Waals surface area (Å²) in [6.45, 7) is 3.82. The van der Waals surface area contributed by atoms with Crippen LogP contribution in [0.15, 0.2) is 41.0 Å². The van der Waals surface area contributed by atoms with E-state index < -0.39 is 17.8 Å². The van der Waals surface area contributed by atoms with E-state index >= 15 is 0 Å². The molecule has 1 aromatic carbocycles. The van der Waals surface area contributed by atoms with E-state index in [1.54, 1.807) is 25.3 Å². The van der Waals surface area contributed by atoms with Gasteiger partial charge in [-0.05, 0) is 37.3 Å². The fraction of sp³-hybridized carbons (Fsp3) is 0.421. The van der Waals surface area contributed by atoms with E-state index in [9.17, 15) is 18.0 Å². The van der Waals surface area contributed by atoms with E-state index in [1.807, 2.05) is 4.90 Å². The standard InChI is InChI=1S/C19H22F3N3O3/c1-13(11-15-3-2-8-28-15)23-18(26)24-16-12-14(19(20,21)22)4-5-17(16)25-6-9-27-10-7-25/h2-5,8,12-13H,6-7,9-11H2,1H3,(H2,23,24,26). The maximum atomic E-state index is 13.1. The number of ether oxygens (including phenoxy) is 1. The molecular formula is C19H22F3N3O3. The fourth-order valence-corrected chi connectivity index (χ4v) is 3.06. The van der Waals surface area contributed by atoms with Crippen molar-refractivity contribution in [2.45, 2.75) is 25.6 Å². The van der Waals surface area contributed by atoms with Crippen LogP contribution in [0.1, 0.15) is 18.2 Å². The number of halogens is 3. The smallest absolute Gasteiger partial charge is 0.416 e. The Kier molecular flexibility index (Phi) is 6.13. The molecule has 1 unspecified atom stereocenters. The van der Waals surface area contributed by atoms with Crippen molar-refractivity contribution in [3.05, 3.63) is 47.9 Å². The van der Waals surface area contributed by atoms with Crippen LogP contribution in [0.25, 0.3) is 0 Å². The van der Waals surface area contributed by atoms with Gasteiger partial charge in [0.15, 0.2) is 0 Å². The van der Waals surface area contributed by atoms with Gasteiger partial charge in [0.25, 0.3) is 0 Å². The minimum absolute atomic E-state index is 0.111. The summed E-state index contributed by atoms with van der Waals surface area (Å²) in [6, 6.07) is 6.07. The summed E-state index contributed by atoms with van der Waals surface area (Å²) in [7, 11) is 0. The summed E-state index contributed by atoms with van der Waals surface area (Å²) in [5, 5.41) is 5.29. The molecule has 6 nitrogen and oxygen atoms in total. The molecular weight excluding hydrogens is 375 g/mol. The predicted octanol–water partition coefficient (Wildman–Crippen LogP) is 3.89. The highest BCUT2D eigenvalue weighted by atomic mass is 19.4. The Morgan fingerprint density at radius 1 is 1.25 bits per heavy atom. The number of alkyl halides is 3. The second kappa shape index (κ2) is 8.55. The first-order valence-electron chi connectivity index (χ1n) is 8.97. The van der Waals surface area contributed by atoms with Gasteiger partial charge in [0, 0.05) is 25.6 Å². The van der Waals surface area contributed by atoms with Crippen LogP contribution in [0.5, 0.6) is 0 Å². The molecule has 2 heterocycles. The highest BCUT2D eigenvalue weighted by Gasteiger charge is 2.32.